The molecule has 2 aromatic carbocycles. The number of benzene rings is 2. The second kappa shape index (κ2) is 8.02. The molecule has 2 aromatic rings. The molecule has 0 saturated heterocycles. The molecule has 3 N–H and O–H groups in total. The number of primary amides is 1. The molecule has 0 spiro atoms. The van der Waals surface area contributed by atoms with Gasteiger partial charge in [0.05, 0.1) is 18.1 Å². The summed E-state index contributed by atoms with van der Waals surface area (Å²) in [5.41, 5.74) is 6.53. The molecule has 128 valence electrons. The van der Waals surface area contributed by atoms with Gasteiger partial charge in [0.1, 0.15) is 6.04 Å². The third kappa shape index (κ3) is 4.85. The Kier molecular flexibility index (Phi) is 5.79. The fraction of sp³-hybridized carbons (Fsp3) is 0.167. The summed E-state index contributed by atoms with van der Waals surface area (Å²) >= 11 is 0. The van der Waals surface area contributed by atoms with Crippen molar-refractivity contribution in [3.63, 3.8) is 0 Å². The first-order valence-corrected chi connectivity index (χ1v) is 7.41. The maximum absolute atomic E-state index is 13.2. The van der Waals surface area contributed by atoms with E-state index in [1.807, 2.05) is 6.07 Å². The van der Waals surface area contributed by atoms with Crippen molar-refractivity contribution in [3.05, 3.63) is 70.8 Å². The third-order valence-corrected chi connectivity index (χ3v) is 3.59. The van der Waals surface area contributed by atoms with Crippen molar-refractivity contribution < 1.29 is 18.4 Å². The Morgan fingerprint density at radius 3 is 2.52 bits per heavy atom. The first kappa shape index (κ1) is 18.1. The molecule has 0 aromatic heterocycles. The molecule has 0 fully saturated rings. The summed E-state index contributed by atoms with van der Waals surface area (Å²) in [6.07, 6.45) is -0.177. The molecular weight excluding hydrogens is 328 g/mol. The lowest BCUT2D eigenvalue weighted by Gasteiger charge is -2.16. The second-order valence-electron chi connectivity index (χ2n) is 5.42. The lowest BCUT2D eigenvalue weighted by atomic mass is 10.00. The quantitative estimate of drug-likeness (QED) is 0.834. The van der Waals surface area contributed by atoms with Crippen LogP contribution in [0, 0.1) is 23.0 Å². The second-order valence-corrected chi connectivity index (χ2v) is 5.42. The summed E-state index contributed by atoms with van der Waals surface area (Å²) in [6.45, 7) is 0. The van der Waals surface area contributed by atoms with E-state index >= 15 is 0 Å². The van der Waals surface area contributed by atoms with Crippen LogP contribution in [0.1, 0.15) is 16.7 Å². The molecule has 0 aliphatic carbocycles. The van der Waals surface area contributed by atoms with E-state index in [9.17, 15) is 18.4 Å². The van der Waals surface area contributed by atoms with Crippen LogP contribution in [0.3, 0.4) is 0 Å². The molecule has 1 atom stereocenters. The Morgan fingerprint density at radius 1 is 1.16 bits per heavy atom. The Labute approximate surface area is 143 Å². The number of nitrogens with one attached hydrogen (secondary N) is 1. The zero-order valence-electron chi connectivity index (χ0n) is 13.1. The van der Waals surface area contributed by atoms with Gasteiger partial charge in [-0.3, -0.25) is 9.59 Å². The molecule has 5 nitrogen and oxygen atoms in total. The third-order valence-electron chi connectivity index (χ3n) is 3.59. The molecule has 0 unspecified atom stereocenters. The number of carbonyl (C=O) groups excluding carboxylic acids is 2. The number of rotatable bonds is 6. The molecule has 2 rings (SSSR count). The van der Waals surface area contributed by atoms with Gasteiger partial charge in [-0.1, -0.05) is 24.3 Å². The average Bonchev–Trinajstić information content (AvgIpc) is 2.58. The lowest BCUT2D eigenvalue weighted by Crippen LogP contribution is -2.46. The minimum Gasteiger partial charge on any atom is -0.368 e. The van der Waals surface area contributed by atoms with Crippen LogP contribution in [-0.4, -0.2) is 17.9 Å². The highest BCUT2D eigenvalue weighted by Gasteiger charge is 2.20. The summed E-state index contributed by atoms with van der Waals surface area (Å²) in [5.74, 6) is -3.39. The molecule has 0 saturated carbocycles. The van der Waals surface area contributed by atoms with E-state index in [2.05, 4.69) is 5.32 Å². The highest BCUT2D eigenvalue weighted by molar-refractivity contribution is 5.87. The fourth-order valence-corrected chi connectivity index (χ4v) is 2.33. The van der Waals surface area contributed by atoms with Crippen LogP contribution in [0.2, 0.25) is 0 Å². The molecule has 0 radical (unpaired) electrons. The minimum atomic E-state index is -1.06. The molecule has 0 heterocycles. The van der Waals surface area contributed by atoms with E-state index in [1.54, 1.807) is 24.3 Å². The van der Waals surface area contributed by atoms with Gasteiger partial charge in [-0.2, -0.15) is 5.26 Å². The van der Waals surface area contributed by atoms with Crippen molar-refractivity contribution in [2.75, 3.05) is 0 Å². The van der Waals surface area contributed by atoms with Gasteiger partial charge in [-0.05, 0) is 29.3 Å². The minimum absolute atomic E-state index is 0.0581. The Balaban J connectivity index is 2.08. The molecular formula is C18H15F2N3O2. The maximum atomic E-state index is 13.2. The number of amides is 2. The van der Waals surface area contributed by atoms with E-state index in [-0.39, 0.29) is 18.4 Å². The van der Waals surface area contributed by atoms with Gasteiger partial charge in [0, 0.05) is 6.42 Å². The standard InChI is InChI=1S/C18H15F2N3O2/c19-14-6-5-11(7-15(14)20)8-17(24)23-16(18(22)25)9-12-3-1-2-4-13(12)10-21/h1-7,16H,8-9H2,(H2,22,25)(H,23,24)/t16-/m1/s1. The number of halogens is 2. The zero-order valence-corrected chi connectivity index (χ0v) is 13.1. The Morgan fingerprint density at radius 2 is 1.88 bits per heavy atom. The normalized spacial score (nSPS) is 11.4. The van der Waals surface area contributed by atoms with Crippen LogP contribution in [0.25, 0.3) is 0 Å². The van der Waals surface area contributed by atoms with Crippen molar-refractivity contribution in [1.29, 1.82) is 5.26 Å². The van der Waals surface area contributed by atoms with Gasteiger partial charge in [0.15, 0.2) is 11.6 Å². The fourth-order valence-electron chi connectivity index (χ4n) is 2.33. The zero-order chi connectivity index (χ0) is 18.4. The van der Waals surface area contributed by atoms with Gasteiger partial charge >= 0.3 is 0 Å². The first-order chi connectivity index (χ1) is 11.9. The topological polar surface area (TPSA) is 96.0 Å². The summed E-state index contributed by atoms with van der Waals surface area (Å²) in [4.78, 5) is 23.7. The van der Waals surface area contributed by atoms with E-state index in [1.165, 1.54) is 6.07 Å². The summed E-state index contributed by atoms with van der Waals surface area (Å²) in [7, 11) is 0. The van der Waals surface area contributed by atoms with Gasteiger partial charge in [0.25, 0.3) is 0 Å². The highest BCUT2D eigenvalue weighted by atomic mass is 19.2. The number of hydrogen-bond donors (Lipinski definition) is 2. The molecule has 25 heavy (non-hydrogen) atoms. The van der Waals surface area contributed by atoms with Crippen LogP contribution in [0.5, 0.6) is 0 Å². The summed E-state index contributed by atoms with van der Waals surface area (Å²) in [6, 6.07) is 10.7. The van der Waals surface area contributed by atoms with E-state index in [0.717, 1.165) is 12.1 Å². The van der Waals surface area contributed by atoms with Crippen LogP contribution in [0.15, 0.2) is 42.5 Å². The SMILES string of the molecule is N#Cc1ccccc1C[C@@H](NC(=O)Cc1ccc(F)c(F)c1)C(N)=O. The molecule has 2 amide bonds. The van der Waals surface area contributed by atoms with Crippen LogP contribution < -0.4 is 11.1 Å². The summed E-state index contributed by atoms with van der Waals surface area (Å²) in [5, 5.41) is 11.5. The van der Waals surface area contributed by atoms with E-state index in [4.69, 9.17) is 11.0 Å². The van der Waals surface area contributed by atoms with E-state index in [0.29, 0.717) is 11.1 Å². The van der Waals surface area contributed by atoms with Gasteiger partial charge in [-0.15, -0.1) is 0 Å². The molecule has 7 heteroatoms. The average molecular weight is 343 g/mol. The van der Waals surface area contributed by atoms with Crippen molar-refractivity contribution in [2.45, 2.75) is 18.9 Å². The van der Waals surface area contributed by atoms with Crippen molar-refractivity contribution in [3.8, 4) is 6.07 Å². The Bertz CT molecular complexity index is 846. The van der Waals surface area contributed by atoms with Gasteiger partial charge < -0.3 is 11.1 Å². The van der Waals surface area contributed by atoms with Gasteiger partial charge in [-0.25, -0.2) is 8.78 Å². The largest absolute Gasteiger partial charge is 0.368 e. The number of nitriles is 1. The van der Waals surface area contributed by atoms with Crippen molar-refractivity contribution in [1.82, 2.24) is 5.32 Å². The number of carbonyl (C=O) groups is 2. The first-order valence-electron chi connectivity index (χ1n) is 7.41. The number of nitrogens with zero attached hydrogens (tertiary/aromatic N) is 1. The van der Waals surface area contributed by atoms with Crippen LogP contribution in [0.4, 0.5) is 8.78 Å². The predicted molar refractivity (Wildman–Crippen MR) is 86.0 cm³/mol. The Hall–Kier alpha value is -3.27. The number of nitrogens with two attached hydrogens (primary N) is 1. The highest BCUT2D eigenvalue weighted by Crippen LogP contribution is 2.12. The molecule has 0 bridgehead atoms. The van der Waals surface area contributed by atoms with Gasteiger partial charge in [0.2, 0.25) is 11.8 Å². The van der Waals surface area contributed by atoms with Crippen molar-refractivity contribution in [2.24, 2.45) is 5.73 Å². The summed E-state index contributed by atoms with van der Waals surface area (Å²) < 4.78 is 26.1. The predicted octanol–water partition coefficient (Wildman–Crippen LogP) is 1.59. The molecule has 0 aliphatic rings. The van der Waals surface area contributed by atoms with E-state index < -0.39 is 29.5 Å². The maximum Gasteiger partial charge on any atom is 0.240 e. The van der Waals surface area contributed by atoms with Crippen LogP contribution >= 0.6 is 0 Å². The van der Waals surface area contributed by atoms with Crippen molar-refractivity contribution >= 4 is 11.8 Å². The lowest BCUT2D eigenvalue weighted by molar-refractivity contribution is -0.127. The van der Waals surface area contributed by atoms with Crippen LogP contribution in [-0.2, 0) is 22.4 Å². The smallest absolute Gasteiger partial charge is 0.240 e. The molecule has 0 aliphatic heterocycles. The monoisotopic (exact) mass is 343 g/mol. The number of hydrogen-bond acceptors (Lipinski definition) is 3.